The van der Waals surface area contributed by atoms with E-state index in [1.165, 1.54) is 11.1 Å². The summed E-state index contributed by atoms with van der Waals surface area (Å²) in [7, 11) is 0. The van der Waals surface area contributed by atoms with Crippen LogP contribution in [0.25, 0.3) is 22.8 Å². The maximum Gasteiger partial charge on any atom is 0.306 e. The molecule has 2 aromatic carbocycles. The first-order valence-electron chi connectivity index (χ1n) is 13.0. The average Bonchev–Trinajstić information content (AvgIpc) is 3.58. The number of carbonyl (C=O) groups is 1. The molecule has 0 bridgehead atoms. The number of rotatable bonds is 6. The van der Waals surface area contributed by atoms with Gasteiger partial charge in [-0.15, -0.1) is 0 Å². The van der Waals surface area contributed by atoms with Gasteiger partial charge in [0, 0.05) is 29.1 Å². The predicted molar refractivity (Wildman–Crippen MR) is 136 cm³/mol. The number of ether oxygens (including phenoxy) is 1. The van der Waals surface area contributed by atoms with Crippen LogP contribution in [0.1, 0.15) is 56.2 Å². The van der Waals surface area contributed by atoms with E-state index in [2.05, 4.69) is 34.3 Å². The number of likely N-dealkylation sites (tertiary alicyclic amines) is 1. The van der Waals surface area contributed by atoms with Crippen LogP contribution >= 0.6 is 0 Å². The van der Waals surface area contributed by atoms with Gasteiger partial charge >= 0.3 is 5.97 Å². The Morgan fingerprint density at radius 1 is 1.27 bits per heavy atom. The van der Waals surface area contributed by atoms with Gasteiger partial charge in [-0.05, 0) is 81.8 Å². The number of aromatic nitrogens is 2. The summed E-state index contributed by atoms with van der Waals surface area (Å²) in [6, 6.07) is 14.3. The Morgan fingerprint density at radius 2 is 2.11 bits per heavy atom. The molecule has 8 nitrogen and oxygen atoms in total. The van der Waals surface area contributed by atoms with E-state index in [1.54, 1.807) is 12.1 Å². The van der Waals surface area contributed by atoms with Gasteiger partial charge in [0.05, 0.1) is 17.6 Å². The molecule has 1 aliphatic heterocycles. The van der Waals surface area contributed by atoms with Crippen molar-refractivity contribution in [1.29, 1.82) is 5.26 Å². The van der Waals surface area contributed by atoms with E-state index in [4.69, 9.17) is 14.2 Å². The Balaban J connectivity index is 1.24. The summed E-state index contributed by atoms with van der Waals surface area (Å²) in [5, 5.41) is 23.1. The van der Waals surface area contributed by atoms with E-state index in [0.29, 0.717) is 34.6 Å². The lowest BCUT2D eigenvalue weighted by Gasteiger charge is -2.40. The van der Waals surface area contributed by atoms with Gasteiger partial charge in [0.2, 0.25) is 5.82 Å². The Morgan fingerprint density at radius 3 is 2.86 bits per heavy atom. The lowest BCUT2D eigenvalue weighted by molar-refractivity contribution is -0.146. The van der Waals surface area contributed by atoms with Gasteiger partial charge in [-0.25, -0.2) is 0 Å². The van der Waals surface area contributed by atoms with Crippen LogP contribution in [-0.4, -0.2) is 51.4 Å². The molecule has 6 rings (SSSR count). The van der Waals surface area contributed by atoms with E-state index >= 15 is 0 Å². The monoisotopic (exact) mass is 498 g/mol. The number of benzene rings is 2. The fourth-order valence-electron chi connectivity index (χ4n) is 6.35. The van der Waals surface area contributed by atoms with Crippen molar-refractivity contribution in [2.24, 2.45) is 5.92 Å². The smallest absolute Gasteiger partial charge is 0.306 e. The zero-order valence-corrected chi connectivity index (χ0v) is 21.1. The van der Waals surface area contributed by atoms with Crippen molar-refractivity contribution >= 4 is 5.97 Å². The first-order chi connectivity index (χ1) is 17.9. The molecule has 1 saturated carbocycles. The van der Waals surface area contributed by atoms with Crippen molar-refractivity contribution in [1.82, 2.24) is 15.0 Å². The maximum atomic E-state index is 11.2. The highest BCUT2D eigenvalue weighted by Crippen LogP contribution is 2.49. The molecule has 8 heteroatoms. The molecule has 0 radical (unpaired) electrons. The SMILES string of the molecule is CC(C)Oc1ccc(-c2nc(-c3cccc4c3CCC43CCN(C4CC(C(=O)O)C4)C3)no2)cc1C#N. The molecule has 2 fully saturated rings. The summed E-state index contributed by atoms with van der Waals surface area (Å²) in [5.41, 5.74) is 4.88. The van der Waals surface area contributed by atoms with Crippen LogP contribution in [0.5, 0.6) is 5.75 Å². The second-order valence-electron chi connectivity index (χ2n) is 10.9. The number of fused-ring (bicyclic) bond motifs is 2. The van der Waals surface area contributed by atoms with Gasteiger partial charge in [0.1, 0.15) is 11.8 Å². The van der Waals surface area contributed by atoms with Crippen molar-refractivity contribution in [2.45, 2.75) is 63.5 Å². The molecule has 190 valence electrons. The second-order valence-corrected chi connectivity index (χ2v) is 10.9. The van der Waals surface area contributed by atoms with Gasteiger partial charge in [0.15, 0.2) is 0 Å². The third-order valence-corrected chi connectivity index (χ3v) is 8.34. The third kappa shape index (κ3) is 4.08. The first-order valence-corrected chi connectivity index (χ1v) is 13.0. The van der Waals surface area contributed by atoms with Crippen LogP contribution < -0.4 is 4.74 Å². The van der Waals surface area contributed by atoms with E-state index in [0.717, 1.165) is 50.8 Å². The van der Waals surface area contributed by atoms with E-state index in [9.17, 15) is 15.2 Å². The summed E-state index contributed by atoms with van der Waals surface area (Å²) < 4.78 is 11.4. The van der Waals surface area contributed by atoms with E-state index in [-0.39, 0.29) is 17.4 Å². The standard InChI is InChI=1S/C29H30N4O4/c1-17(2)36-25-7-6-18(12-20(25)15-30)27-31-26(32-37-27)23-4-3-5-24-22(23)8-9-29(24)10-11-33(16-29)21-13-19(14-21)28(34)35/h3-7,12,17,19,21H,8-11,13-14,16H2,1-2H3,(H,34,35). The number of hydrogen-bond acceptors (Lipinski definition) is 7. The van der Waals surface area contributed by atoms with Gasteiger partial charge in [-0.1, -0.05) is 23.4 Å². The largest absolute Gasteiger partial charge is 0.490 e. The van der Waals surface area contributed by atoms with Crippen molar-refractivity contribution in [3.05, 3.63) is 53.1 Å². The highest BCUT2D eigenvalue weighted by Gasteiger charge is 2.49. The zero-order valence-electron chi connectivity index (χ0n) is 21.1. The van der Waals surface area contributed by atoms with Gasteiger partial charge < -0.3 is 14.4 Å². The predicted octanol–water partition coefficient (Wildman–Crippen LogP) is 4.82. The van der Waals surface area contributed by atoms with Gasteiger partial charge in [-0.2, -0.15) is 10.2 Å². The minimum atomic E-state index is -0.663. The summed E-state index contributed by atoms with van der Waals surface area (Å²) in [6.45, 7) is 5.85. The van der Waals surface area contributed by atoms with Crippen molar-refractivity contribution in [2.75, 3.05) is 13.1 Å². The molecule has 1 unspecified atom stereocenters. The van der Waals surface area contributed by atoms with Crippen LogP contribution in [0, 0.1) is 17.2 Å². The van der Waals surface area contributed by atoms with Crippen LogP contribution in [0.3, 0.4) is 0 Å². The molecule has 1 atom stereocenters. The average molecular weight is 499 g/mol. The summed E-state index contributed by atoms with van der Waals surface area (Å²) in [5.74, 6) is 0.628. The lowest BCUT2D eigenvalue weighted by Crippen LogP contribution is -2.47. The molecule has 2 aliphatic carbocycles. The lowest BCUT2D eigenvalue weighted by atomic mass is 9.78. The summed E-state index contributed by atoms with van der Waals surface area (Å²) in [6.07, 6.45) is 4.64. The molecule has 37 heavy (non-hydrogen) atoms. The number of nitriles is 1. The minimum absolute atomic E-state index is 0.0289. The molecular weight excluding hydrogens is 468 g/mol. The first kappa shape index (κ1) is 23.7. The van der Waals surface area contributed by atoms with Crippen LogP contribution in [0.2, 0.25) is 0 Å². The highest BCUT2D eigenvalue weighted by molar-refractivity contribution is 5.71. The Labute approximate surface area is 215 Å². The number of hydrogen-bond donors (Lipinski definition) is 1. The molecule has 3 aliphatic rings. The third-order valence-electron chi connectivity index (χ3n) is 8.34. The van der Waals surface area contributed by atoms with Crippen LogP contribution in [0.15, 0.2) is 40.9 Å². The molecule has 1 saturated heterocycles. The zero-order chi connectivity index (χ0) is 25.7. The number of carboxylic acids is 1. The fourth-order valence-corrected chi connectivity index (χ4v) is 6.35. The molecule has 1 N–H and O–H groups in total. The van der Waals surface area contributed by atoms with Gasteiger partial charge in [0.25, 0.3) is 5.89 Å². The van der Waals surface area contributed by atoms with Crippen LogP contribution in [0.4, 0.5) is 0 Å². The van der Waals surface area contributed by atoms with Crippen molar-refractivity contribution in [3.63, 3.8) is 0 Å². The second kappa shape index (κ2) is 9.00. The van der Waals surface area contributed by atoms with E-state index < -0.39 is 5.97 Å². The topological polar surface area (TPSA) is 112 Å². The molecule has 2 heterocycles. The van der Waals surface area contributed by atoms with Crippen molar-refractivity contribution in [3.8, 4) is 34.7 Å². The van der Waals surface area contributed by atoms with Crippen LogP contribution in [-0.2, 0) is 16.6 Å². The molecule has 1 spiro atoms. The van der Waals surface area contributed by atoms with Gasteiger partial charge in [-0.3, -0.25) is 9.69 Å². The van der Waals surface area contributed by atoms with Crippen molar-refractivity contribution < 1.29 is 19.2 Å². The Bertz CT molecular complexity index is 1400. The molecule has 3 aromatic rings. The molecule has 0 amide bonds. The summed E-state index contributed by atoms with van der Waals surface area (Å²) in [4.78, 5) is 18.5. The Hall–Kier alpha value is -3.70. The maximum absolute atomic E-state index is 11.2. The number of aliphatic carboxylic acids is 1. The summed E-state index contributed by atoms with van der Waals surface area (Å²) >= 11 is 0. The van der Waals surface area contributed by atoms with E-state index in [1.807, 2.05) is 19.9 Å². The fraction of sp³-hybridized carbons (Fsp3) is 0.448. The molecular formula is C29H30N4O4. The Kier molecular flexibility index (Phi) is 5.76. The minimum Gasteiger partial charge on any atom is -0.490 e. The molecule has 1 aromatic heterocycles. The normalized spacial score (nSPS) is 24.7. The highest BCUT2D eigenvalue weighted by atomic mass is 16.5. The number of carboxylic acid groups (broad SMARTS) is 1. The quantitative estimate of drug-likeness (QED) is 0.515. The number of nitrogens with zero attached hydrogens (tertiary/aromatic N) is 4.